The van der Waals surface area contributed by atoms with Crippen molar-refractivity contribution < 1.29 is 22.7 Å². The quantitative estimate of drug-likeness (QED) is 0.553. The van der Waals surface area contributed by atoms with Crippen molar-refractivity contribution in [3.8, 4) is 5.75 Å². The van der Waals surface area contributed by atoms with Gasteiger partial charge in [0.2, 0.25) is 5.91 Å². The molecule has 8 nitrogen and oxygen atoms in total. The van der Waals surface area contributed by atoms with Crippen LogP contribution in [0.3, 0.4) is 0 Å². The summed E-state index contributed by atoms with van der Waals surface area (Å²) in [4.78, 5) is 24.7. The minimum Gasteiger partial charge on any atom is -0.495 e. The van der Waals surface area contributed by atoms with E-state index >= 15 is 0 Å². The average Bonchev–Trinajstić information content (AvgIpc) is 3.41. The molecular formula is C23H27N3O5S. The molecule has 4 rings (SSSR count). The van der Waals surface area contributed by atoms with Crippen molar-refractivity contribution in [3.63, 3.8) is 0 Å². The maximum absolute atomic E-state index is 12.8. The van der Waals surface area contributed by atoms with E-state index in [9.17, 15) is 18.0 Å². The fraction of sp³-hybridized carbons (Fsp3) is 0.391. The third kappa shape index (κ3) is 4.88. The Hall–Kier alpha value is -3.07. The molecule has 0 radical (unpaired) electrons. The number of methoxy groups -OCH3 is 1. The van der Waals surface area contributed by atoms with Crippen LogP contribution in [0.15, 0.2) is 53.4 Å². The van der Waals surface area contributed by atoms with Gasteiger partial charge in [-0.25, -0.2) is 8.42 Å². The molecule has 9 heteroatoms. The van der Waals surface area contributed by atoms with E-state index in [1.807, 2.05) is 0 Å². The maximum atomic E-state index is 12.8. The SMILES string of the molecule is COc1ccccc1NS(=O)(=O)c1cccc(C(=O)NNC(=O)C[C@H]2C[C@H]3CC[C@H]2C3)c1. The molecular weight excluding hydrogens is 430 g/mol. The van der Waals surface area contributed by atoms with E-state index in [4.69, 9.17) is 4.74 Å². The molecule has 2 saturated carbocycles. The zero-order valence-corrected chi connectivity index (χ0v) is 18.7. The van der Waals surface area contributed by atoms with Gasteiger partial charge in [0.1, 0.15) is 5.75 Å². The highest BCUT2D eigenvalue weighted by Crippen LogP contribution is 2.49. The van der Waals surface area contributed by atoms with E-state index in [2.05, 4.69) is 15.6 Å². The second-order valence-electron chi connectivity index (χ2n) is 8.47. The van der Waals surface area contributed by atoms with E-state index in [1.54, 1.807) is 24.3 Å². The van der Waals surface area contributed by atoms with Crippen LogP contribution < -0.4 is 20.3 Å². The van der Waals surface area contributed by atoms with Crippen LogP contribution in [-0.4, -0.2) is 27.3 Å². The Morgan fingerprint density at radius 2 is 1.84 bits per heavy atom. The van der Waals surface area contributed by atoms with Crippen molar-refractivity contribution in [2.45, 2.75) is 37.0 Å². The summed E-state index contributed by atoms with van der Waals surface area (Å²) in [6.45, 7) is 0. The number of anilines is 1. The number of carbonyl (C=O) groups is 2. The maximum Gasteiger partial charge on any atom is 0.269 e. The molecule has 2 bridgehead atoms. The summed E-state index contributed by atoms with van der Waals surface area (Å²) < 4.78 is 33.2. The Morgan fingerprint density at radius 3 is 2.56 bits per heavy atom. The number of hydrazine groups is 1. The van der Waals surface area contributed by atoms with Gasteiger partial charge in [0.15, 0.2) is 0 Å². The minimum atomic E-state index is -3.95. The molecule has 2 aliphatic carbocycles. The van der Waals surface area contributed by atoms with Gasteiger partial charge in [-0.05, 0) is 67.3 Å². The third-order valence-corrected chi connectivity index (χ3v) is 7.77. The molecule has 3 atom stereocenters. The van der Waals surface area contributed by atoms with Crippen molar-refractivity contribution >= 4 is 27.5 Å². The normalized spacial score (nSPS) is 21.7. The van der Waals surface area contributed by atoms with Gasteiger partial charge >= 0.3 is 0 Å². The lowest BCUT2D eigenvalue weighted by molar-refractivity contribution is -0.123. The molecule has 0 aliphatic heterocycles. The Morgan fingerprint density at radius 1 is 1.03 bits per heavy atom. The van der Waals surface area contributed by atoms with Crippen molar-refractivity contribution in [2.75, 3.05) is 11.8 Å². The summed E-state index contributed by atoms with van der Waals surface area (Å²) in [7, 11) is -2.50. The van der Waals surface area contributed by atoms with Gasteiger partial charge in [0.05, 0.1) is 17.7 Å². The number of rotatable bonds is 7. The number of nitrogens with one attached hydrogen (secondary N) is 3. The smallest absolute Gasteiger partial charge is 0.269 e. The molecule has 0 unspecified atom stereocenters. The summed E-state index contributed by atoms with van der Waals surface area (Å²) in [5.41, 5.74) is 5.26. The average molecular weight is 458 g/mol. The van der Waals surface area contributed by atoms with Gasteiger partial charge in [-0.3, -0.25) is 25.2 Å². The van der Waals surface area contributed by atoms with Gasteiger partial charge in [-0.1, -0.05) is 24.6 Å². The largest absolute Gasteiger partial charge is 0.495 e. The Balaban J connectivity index is 1.37. The summed E-state index contributed by atoms with van der Waals surface area (Å²) >= 11 is 0. The van der Waals surface area contributed by atoms with Crippen LogP contribution >= 0.6 is 0 Å². The van der Waals surface area contributed by atoms with Crippen LogP contribution in [-0.2, 0) is 14.8 Å². The number of para-hydroxylation sites is 2. The van der Waals surface area contributed by atoms with Crippen LogP contribution in [0.2, 0.25) is 0 Å². The Bertz CT molecular complexity index is 1120. The summed E-state index contributed by atoms with van der Waals surface area (Å²) in [5.74, 6) is 1.34. The molecule has 170 valence electrons. The minimum absolute atomic E-state index is 0.0793. The Kier molecular flexibility index (Phi) is 6.36. The highest BCUT2D eigenvalue weighted by molar-refractivity contribution is 7.92. The number of carbonyl (C=O) groups excluding carboxylic acids is 2. The number of amides is 2. The monoisotopic (exact) mass is 457 g/mol. The topological polar surface area (TPSA) is 114 Å². The molecule has 0 saturated heterocycles. The number of benzene rings is 2. The second kappa shape index (κ2) is 9.20. The molecule has 32 heavy (non-hydrogen) atoms. The number of ether oxygens (including phenoxy) is 1. The van der Waals surface area contributed by atoms with Crippen molar-refractivity contribution in [2.24, 2.45) is 17.8 Å². The molecule has 2 aromatic rings. The molecule has 0 spiro atoms. The molecule has 3 N–H and O–H groups in total. The third-order valence-electron chi connectivity index (χ3n) is 6.41. The predicted octanol–water partition coefficient (Wildman–Crippen LogP) is 3.08. The predicted molar refractivity (Wildman–Crippen MR) is 119 cm³/mol. The number of hydrogen-bond acceptors (Lipinski definition) is 5. The van der Waals surface area contributed by atoms with Crippen molar-refractivity contribution in [3.05, 3.63) is 54.1 Å². The molecule has 0 aromatic heterocycles. The number of sulfonamides is 1. The number of hydrogen-bond donors (Lipinski definition) is 3. The van der Waals surface area contributed by atoms with Gasteiger partial charge < -0.3 is 4.74 Å². The van der Waals surface area contributed by atoms with Crippen LogP contribution in [0.4, 0.5) is 5.69 Å². The Labute approximate surface area is 187 Å². The van der Waals surface area contributed by atoms with Gasteiger partial charge in [-0.2, -0.15) is 0 Å². The molecule has 2 aliphatic rings. The summed E-state index contributed by atoms with van der Waals surface area (Å²) in [6.07, 6.45) is 5.17. The lowest BCUT2D eigenvalue weighted by Crippen LogP contribution is -2.42. The van der Waals surface area contributed by atoms with E-state index in [0.717, 1.165) is 12.3 Å². The van der Waals surface area contributed by atoms with E-state index in [0.29, 0.717) is 24.0 Å². The first kappa shape index (κ1) is 22.1. The van der Waals surface area contributed by atoms with E-state index in [1.165, 1.54) is 50.6 Å². The first-order chi connectivity index (χ1) is 15.4. The standard InChI is InChI=1S/C23H27N3O5S/c1-31-21-8-3-2-7-20(21)26-32(29,30)19-6-4-5-17(13-19)23(28)25-24-22(27)14-18-12-15-9-10-16(18)11-15/h2-8,13,15-16,18,26H,9-12,14H2,1H3,(H,24,27)(H,25,28)/t15-,16-,18+/m0/s1. The fourth-order valence-corrected chi connectivity index (χ4v) is 5.97. The fourth-order valence-electron chi connectivity index (χ4n) is 4.85. The van der Waals surface area contributed by atoms with Gasteiger partial charge in [0, 0.05) is 12.0 Å². The van der Waals surface area contributed by atoms with Crippen LogP contribution in [0.1, 0.15) is 42.5 Å². The van der Waals surface area contributed by atoms with Crippen LogP contribution in [0.5, 0.6) is 5.75 Å². The summed E-state index contributed by atoms with van der Waals surface area (Å²) in [6, 6.07) is 12.2. The van der Waals surface area contributed by atoms with Crippen molar-refractivity contribution in [1.82, 2.24) is 10.9 Å². The highest BCUT2D eigenvalue weighted by atomic mass is 32.2. The van der Waals surface area contributed by atoms with E-state index < -0.39 is 15.9 Å². The number of fused-ring (bicyclic) bond motifs is 2. The highest BCUT2D eigenvalue weighted by Gasteiger charge is 2.40. The zero-order valence-electron chi connectivity index (χ0n) is 17.8. The van der Waals surface area contributed by atoms with Crippen LogP contribution in [0.25, 0.3) is 0 Å². The molecule has 2 aromatic carbocycles. The molecule has 0 heterocycles. The summed E-state index contributed by atoms with van der Waals surface area (Å²) in [5, 5.41) is 0. The second-order valence-corrected chi connectivity index (χ2v) is 10.2. The molecule has 2 amide bonds. The van der Waals surface area contributed by atoms with Crippen molar-refractivity contribution in [1.29, 1.82) is 0 Å². The van der Waals surface area contributed by atoms with Gasteiger partial charge in [-0.15, -0.1) is 0 Å². The lowest BCUT2D eigenvalue weighted by Gasteiger charge is -2.20. The van der Waals surface area contributed by atoms with E-state index in [-0.39, 0.29) is 22.1 Å². The zero-order chi connectivity index (χ0) is 22.7. The van der Waals surface area contributed by atoms with Crippen LogP contribution in [0, 0.1) is 17.8 Å². The first-order valence-electron chi connectivity index (χ1n) is 10.7. The first-order valence-corrected chi connectivity index (χ1v) is 12.2. The van der Waals surface area contributed by atoms with Gasteiger partial charge in [0.25, 0.3) is 15.9 Å². The molecule has 2 fully saturated rings. The lowest BCUT2D eigenvalue weighted by atomic mass is 9.86.